The van der Waals surface area contributed by atoms with Gasteiger partial charge in [-0.15, -0.1) is 0 Å². The number of amides is 2. The van der Waals surface area contributed by atoms with Gasteiger partial charge < -0.3 is 19.8 Å². The van der Waals surface area contributed by atoms with E-state index in [9.17, 15) is 9.59 Å². The summed E-state index contributed by atoms with van der Waals surface area (Å²) in [7, 11) is 0. The maximum absolute atomic E-state index is 12.5. The van der Waals surface area contributed by atoms with E-state index in [2.05, 4.69) is 30.2 Å². The maximum atomic E-state index is 12.5. The first-order valence-electron chi connectivity index (χ1n) is 8.66. The Labute approximate surface area is 154 Å². The maximum Gasteiger partial charge on any atom is 0.271 e. The van der Waals surface area contributed by atoms with Gasteiger partial charge in [-0.1, -0.05) is 10.3 Å². The van der Waals surface area contributed by atoms with Crippen LogP contribution in [0.3, 0.4) is 0 Å². The number of carbonyl (C=O) groups is 2. The Bertz CT molecular complexity index is 932. The lowest BCUT2D eigenvalue weighted by Gasteiger charge is -2.19. The van der Waals surface area contributed by atoms with Gasteiger partial charge in [0.25, 0.3) is 11.8 Å². The van der Waals surface area contributed by atoms with Gasteiger partial charge >= 0.3 is 0 Å². The SMILES string of the molecule is Cc1nonc1CNC(=O)c1cn2c(n1)CCN(C(=O)c1cc[nH]c1)CC2. The smallest absolute Gasteiger partial charge is 0.271 e. The van der Waals surface area contributed by atoms with E-state index in [0.29, 0.717) is 48.7 Å². The van der Waals surface area contributed by atoms with Gasteiger partial charge in [0.2, 0.25) is 0 Å². The second-order valence-electron chi connectivity index (χ2n) is 6.36. The first-order valence-corrected chi connectivity index (χ1v) is 8.66. The minimum absolute atomic E-state index is 0.00318. The van der Waals surface area contributed by atoms with Crippen molar-refractivity contribution in [3.05, 3.63) is 53.1 Å². The molecule has 10 heteroatoms. The van der Waals surface area contributed by atoms with Gasteiger partial charge in [-0.25, -0.2) is 9.61 Å². The summed E-state index contributed by atoms with van der Waals surface area (Å²) < 4.78 is 6.55. The molecule has 0 bridgehead atoms. The molecule has 1 aliphatic rings. The van der Waals surface area contributed by atoms with Crippen LogP contribution in [-0.2, 0) is 19.5 Å². The number of nitrogens with one attached hydrogen (secondary N) is 2. The molecule has 0 atom stereocenters. The minimum Gasteiger partial charge on any atom is -0.367 e. The molecule has 0 radical (unpaired) electrons. The van der Waals surface area contributed by atoms with E-state index in [1.165, 1.54) is 0 Å². The van der Waals surface area contributed by atoms with Crippen molar-refractivity contribution in [2.45, 2.75) is 26.4 Å². The lowest BCUT2D eigenvalue weighted by atomic mass is 10.2. The average molecular weight is 369 g/mol. The molecule has 3 aromatic rings. The Morgan fingerprint density at radius 3 is 2.93 bits per heavy atom. The molecule has 0 fully saturated rings. The highest BCUT2D eigenvalue weighted by Gasteiger charge is 2.22. The molecular formula is C17H19N7O3. The molecule has 0 spiro atoms. The second kappa shape index (κ2) is 7.06. The van der Waals surface area contributed by atoms with E-state index >= 15 is 0 Å². The van der Waals surface area contributed by atoms with Crippen LogP contribution < -0.4 is 5.32 Å². The van der Waals surface area contributed by atoms with Crippen LogP contribution in [0.1, 0.15) is 38.1 Å². The molecule has 0 aliphatic carbocycles. The number of aromatic amines is 1. The number of nitrogens with zero attached hydrogens (tertiary/aromatic N) is 5. The fourth-order valence-electron chi connectivity index (χ4n) is 3.04. The van der Waals surface area contributed by atoms with Crippen LogP contribution in [0.5, 0.6) is 0 Å². The van der Waals surface area contributed by atoms with Gasteiger partial charge in [0.1, 0.15) is 22.9 Å². The first kappa shape index (κ1) is 17.0. The van der Waals surface area contributed by atoms with Gasteiger partial charge in [-0.3, -0.25) is 9.59 Å². The molecule has 0 unspecified atom stereocenters. The largest absolute Gasteiger partial charge is 0.367 e. The Hall–Kier alpha value is -3.43. The monoisotopic (exact) mass is 369 g/mol. The molecule has 2 N–H and O–H groups in total. The lowest BCUT2D eigenvalue weighted by molar-refractivity contribution is 0.0758. The minimum atomic E-state index is -0.279. The number of hydrogen-bond donors (Lipinski definition) is 2. The van der Waals surface area contributed by atoms with Crippen molar-refractivity contribution >= 4 is 11.8 Å². The zero-order valence-corrected chi connectivity index (χ0v) is 14.8. The van der Waals surface area contributed by atoms with Crippen molar-refractivity contribution in [3.63, 3.8) is 0 Å². The lowest BCUT2D eigenvalue weighted by Crippen LogP contribution is -2.33. The first-order chi connectivity index (χ1) is 13.1. The van der Waals surface area contributed by atoms with Crippen LogP contribution in [0, 0.1) is 6.92 Å². The topological polar surface area (TPSA) is 122 Å². The number of rotatable bonds is 4. The van der Waals surface area contributed by atoms with Crippen LogP contribution >= 0.6 is 0 Å². The third kappa shape index (κ3) is 3.46. The fraction of sp³-hybridized carbons (Fsp3) is 0.353. The molecule has 140 valence electrons. The van der Waals surface area contributed by atoms with Crippen molar-refractivity contribution in [1.29, 1.82) is 0 Å². The summed E-state index contributed by atoms with van der Waals surface area (Å²) in [6, 6.07) is 1.76. The normalized spacial score (nSPS) is 13.9. The molecule has 4 heterocycles. The Morgan fingerprint density at radius 2 is 2.19 bits per heavy atom. The molecule has 0 saturated heterocycles. The quantitative estimate of drug-likeness (QED) is 0.692. The van der Waals surface area contributed by atoms with Gasteiger partial charge in [0, 0.05) is 44.6 Å². The number of aromatic nitrogens is 5. The van der Waals surface area contributed by atoms with E-state index < -0.39 is 0 Å². The Balaban J connectivity index is 1.39. The molecule has 0 saturated carbocycles. The summed E-state index contributed by atoms with van der Waals surface area (Å²) in [5.74, 6) is 0.513. The highest BCUT2D eigenvalue weighted by Crippen LogP contribution is 2.13. The average Bonchev–Trinajstić information content (AvgIpc) is 3.39. The van der Waals surface area contributed by atoms with Crippen molar-refractivity contribution in [2.75, 3.05) is 13.1 Å². The van der Waals surface area contributed by atoms with Gasteiger partial charge in [0.05, 0.1) is 12.1 Å². The van der Waals surface area contributed by atoms with Crippen LogP contribution in [0.25, 0.3) is 0 Å². The fourth-order valence-corrected chi connectivity index (χ4v) is 3.04. The van der Waals surface area contributed by atoms with E-state index in [-0.39, 0.29) is 18.4 Å². The van der Waals surface area contributed by atoms with Crippen molar-refractivity contribution in [2.24, 2.45) is 0 Å². The predicted molar refractivity (Wildman–Crippen MR) is 92.8 cm³/mol. The van der Waals surface area contributed by atoms with Crippen LogP contribution in [0.2, 0.25) is 0 Å². The van der Waals surface area contributed by atoms with E-state index in [0.717, 1.165) is 5.82 Å². The zero-order valence-electron chi connectivity index (χ0n) is 14.8. The van der Waals surface area contributed by atoms with Crippen molar-refractivity contribution in [1.82, 2.24) is 35.1 Å². The number of H-pyrrole nitrogens is 1. The Morgan fingerprint density at radius 1 is 1.30 bits per heavy atom. The molecular weight excluding hydrogens is 350 g/mol. The molecule has 2 amide bonds. The third-order valence-corrected chi connectivity index (χ3v) is 4.60. The Kier molecular flexibility index (Phi) is 4.45. The summed E-state index contributed by atoms with van der Waals surface area (Å²) in [6.45, 7) is 3.72. The van der Waals surface area contributed by atoms with E-state index in [1.54, 1.807) is 36.5 Å². The summed E-state index contributed by atoms with van der Waals surface area (Å²) in [6.07, 6.45) is 5.75. The van der Waals surface area contributed by atoms with Crippen LogP contribution in [0.15, 0.2) is 29.3 Å². The molecule has 27 heavy (non-hydrogen) atoms. The van der Waals surface area contributed by atoms with E-state index in [1.807, 2.05) is 4.57 Å². The number of carbonyl (C=O) groups excluding carboxylic acids is 2. The second-order valence-corrected chi connectivity index (χ2v) is 6.36. The number of hydrogen-bond acceptors (Lipinski definition) is 6. The van der Waals surface area contributed by atoms with Gasteiger partial charge in [-0.2, -0.15) is 0 Å². The molecule has 3 aromatic heterocycles. The van der Waals surface area contributed by atoms with Gasteiger partial charge in [0.15, 0.2) is 0 Å². The van der Waals surface area contributed by atoms with Gasteiger partial charge in [-0.05, 0) is 13.0 Å². The summed E-state index contributed by atoms with van der Waals surface area (Å²) >= 11 is 0. The zero-order chi connectivity index (χ0) is 18.8. The van der Waals surface area contributed by atoms with E-state index in [4.69, 9.17) is 0 Å². The molecule has 10 nitrogen and oxygen atoms in total. The molecule has 0 aromatic carbocycles. The number of imidazole rings is 1. The molecule has 4 rings (SSSR count). The van der Waals surface area contributed by atoms with Crippen molar-refractivity contribution < 1.29 is 14.2 Å². The number of fused-ring (bicyclic) bond motifs is 1. The highest BCUT2D eigenvalue weighted by atomic mass is 16.6. The standard InChI is InChI=1S/C17H19N7O3/c1-11-13(22-27-21-11)9-19-16(25)14-10-24-7-6-23(5-3-15(24)20-14)17(26)12-2-4-18-8-12/h2,4,8,10,18H,3,5-7,9H2,1H3,(H,19,25). The summed E-state index contributed by atoms with van der Waals surface area (Å²) in [5.41, 5.74) is 2.22. The summed E-state index contributed by atoms with van der Waals surface area (Å²) in [5, 5.41) is 10.2. The predicted octanol–water partition coefficient (Wildman–Crippen LogP) is 0.531. The van der Waals surface area contributed by atoms with Crippen LogP contribution in [0.4, 0.5) is 0 Å². The summed E-state index contributed by atoms with van der Waals surface area (Å²) in [4.78, 5) is 34.0. The highest BCUT2D eigenvalue weighted by molar-refractivity contribution is 5.94. The third-order valence-electron chi connectivity index (χ3n) is 4.60. The van der Waals surface area contributed by atoms with Crippen molar-refractivity contribution in [3.8, 4) is 0 Å². The molecule has 1 aliphatic heterocycles. The number of aryl methyl sites for hydroxylation is 1. The van der Waals surface area contributed by atoms with Crippen LogP contribution in [-0.4, -0.2) is 54.7 Å².